The first-order valence-electron chi connectivity index (χ1n) is 10.4. The lowest BCUT2D eigenvalue weighted by molar-refractivity contribution is 0.0740. The normalized spacial score (nSPS) is 14.6. The third-order valence-corrected chi connectivity index (χ3v) is 6.09. The van der Waals surface area contributed by atoms with Crippen LogP contribution in [0.1, 0.15) is 24.2 Å². The quantitative estimate of drug-likeness (QED) is 0.602. The number of aromatic nitrogens is 3. The van der Waals surface area contributed by atoms with Gasteiger partial charge in [-0.3, -0.25) is 4.79 Å². The molecule has 1 aromatic heterocycles. The van der Waals surface area contributed by atoms with Crippen molar-refractivity contribution in [1.82, 2.24) is 19.9 Å². The Morgan fingerprint density at radius 3 is 2.44 bits per heavy atom. The summed E-state index contributed by atoms with van der Waals surface area (Å²) < 4.78 is 29.9. The second kappa shape index (κ2) is 9.68. The molecule has 0 atom stereocenters. The van der Waals surface area contributed by atoms with Crippen molar-refractivity contribution in [2.24, 2.45) is 5.92 Å². The number of carbonyl (C=O) groups excluding carboxylic acids is 1. The molecule has 10 nitrogen and oxygen atoms in total. The van der Waals surface area contributed by atoms with Gasteiger partial charge in [-0.2, -0.15) is 4.98 Å². The molecule has 1 amide bonds. The molecule has 3 rings (SSSR count). The van der Waals surface area contributed by atoms with Crippen molar-refractivity contribution in [3.8, 4) is 5.75 Å². The number of hydrogen-bond acceptors (Lipinski definition) is 9. The van der Waals surface area contributed by atoms with Gasteiger partial charge in [-0.05, 0) is 24.1 Å². The van der Waals surface area contributed by atoms with Crippen LogP contribution in [0.5, 0.6) is 5.75 Å². The van der Waals surface area contributed by atoms with Crippen LogP contribution < -0.4 is 14.5 Å². The van der Waals surface area contributed by atoms with E-state index in [0.717, 1.165) is 6.26 Å². The first-order chi connectivity index (χ1) is 15.1. The SMILES string of the molecule is CC(C)COc1ccc(S(C)(=O)=O)cc1C(=O)N1CCN(c2ncnc(N(C)C)n2)CC1. The first-order valence-corrected chi connectivity index (χ1v) is 12.3. The van der Waals surface area contributed by atoms with Crippen LogP contribution in [-0.4, -0.2) is 87.3 Å². The molecule has 32 heavy (non-hydrogen) atoms. The molecule has 2 aromatic rings. The summed E-state index contributed by atoms with van der Waals surface area (Å²) >= 11 is 0. The maximum Gasteiger partial charge on any atom is 0.257 e. The average Bonchev–Trinajstić information content (AvgIpc) is 2.76. The highest BCUT2D eigenvalue weighted by Crippen LogP contribution is 2.26. The molecule has 1 aliphatic rings. The summed E-state index contributed by atoms with van der Waals surface area (Å²) in [4.78, 5) is 31.8. The van der Waals surface area contributed by atoms with Crippen molar-refractivity contribution in [3.05, 3.63) is 30.1 Å². The van der Waals surface area contributed by atoms with Crippen LogP contribution in [0.2, 0.25) is 0 Å². The molecular weight excluding hydrogens is 432 g/mol. The van der Waals surface area contributed by atoms with Crippen LogP contribution >= 0.6 is 0 Å². The minimum Gasteiger partial charge on any atom is -0.492 e. The van der Waals surface area contributed by atoms with Crippen molar-refractivity contribution in [2.45, 2.75) is 18.7 Å². The zero-order valence-corrected chi connectivity index (χ0v) is 20.0. The lowest BCUT2D eigenvalue weighted by atomic mass is 10.1. The molecule has 0 N–H and O–H groups in total. The van der Waals surface area contributed by atoms with E-state index in [1.165, 1.54) is 18.5 Å². The number of rotatable bonds is 7. The van der Waals surface area contributed by atoms with Gasteiger partial charge in [0.15, 0.2) is 9.84 Å². The Hall–Kier alpha value is -2.95. The van der Waals surface area contributed by atoms with Gasteiger partial charge in [-0.15, -0.1) is 0 Å². The number of anilines is 2. The van der Waals surface area contributed by atoms with E-state index in [1.807, 2.05) is 32.8 Å². The lowest BCUT2D eigenvalue weighted by Gasteiger charge is -2.35. The van der Waals surface area contributed by atoms with Gasteiger partial charge >= 0.3 is 0 Å². The Labute approximate surface area is 189 Å². The van der Waals surface area contributed by atoms with Gasteiger partial charge in [0, 0.05) is 46.5 Å². The van der Waals surface area contributed by atoms with Crippen molar-refractivity contribution < 1.29 is 17.9 Å². The lowest BCUT2D eigenvalue weighted by Crippen LogP contribution is -2.49. The number of hydrogen-bond donors (Lipinski definition) is 0. The number of benzene rings is 1. The topological polar surface area (TPSA) is 109 Å². The van der Waals surface area contributed by atoms with E-state index in [1.54, 1.807) is 15.9 Å². The third-order valence-electron chi connectivity index (χ3n) is 4.98. The Morgan fingerprint density at radius 1 is 1.16 bits per heavy atom. The summed E-state index contributed by atoms with van der Waals surface area (Å²) in [5.74, 6) is 1.54. The molecule has 0 unspecified atom stereocenters. The van der Waals surface area contributed by atoms with Gasteiger partial charge in [-0.25, -0.2) is 18.4 Å². The summed E-state index contributed by atoms with van der Waals surface area (Å²) in [6.07, 6.45) is 2.60. The molecule has 0 spiro atoms. The van der Waals surface area contributed by atoms with Crippen molar-refractivity contribution in [2.75, 3.05) is 62.9 Å². The van der Waals surface area contributed by atoms with Gasteiger partial charge in [-0.1, -0.05) is 13.8 Å². The van der Waals surface area contributed by atoms with Crippen LogP contribution in [0, 0.1) is 5.92 Å². The van der Waals surface area contributed by atoms with E-state index < -0.39 is 9.84 Å². The average molecular weight is 463 g/mol. The monoisotopic (exact) mass is 462 g/mol. The molecule has 1 aromatic carbocycles. The van der Waals surface area contributed by atoms with Crippen molar-refractivity contribution >= 4 is 27.6 Å². The fourth-order valence-corrected chi connectivity index (χ4v) is 3.86. The van der Waals surface area contributed by atoms with Gasteiger partial charge in [0.05, 0.1) is 17.1 Å². The highest BCUT2D eigenvalue weighted by molar-refractivity contribution is 7.90. The highest BCUT2D eigenvalue weighted by Gasteiger charge is 2.27. The summed E-state index contributed by atoms with van der Waals surface area (Å²) in [7, 11) is 0.266. The predicted octanol–water partition coefficient (Wildman–Crippen LogP) is 1.34. The number of nitrogens with zero attached hydrogens (tertiary/aromatic N) is 6. The highest BCUT2D eigenvalue weighted by atomic mass is 32.2. The van der Waals surface area contributed by atoms with Gasteiger partial charge in [0.1, 0.15) is 12.1 Å². The second-order valence-corrected chi connectivity index (χ2v) is 10.4. The zero-order chi connectivity index (χ0) is 23.5. The number of sulfone groups is 1. The minimum absolute atomic E-state index is 0.0952. The molecule has 0 radical (unpaired) electrons. The molecule has 1 saturated heterocycles. The van der Waals surface area contributed by atoms with E-state index in [-0.39, 0.29) is 22.3 Å². The van der Waals surface area contributed by atoms with Crippen LogP contribution in [0.15, 0.2) is 29.4 Å². The molecule has 11 heteroatoms. The fourth-order valence-electron chi connectivity index (χ4n) is 3.22. The second-order valence-electron chi connectivity index (χ2n) is 8.39. The predicted molar refractivity (Wildman–Crippen MR) is 122 cm³/mol. The zero-order valence-electron chi connectivity index (χ0n) is 19.1. The van der Waals surface area contributed by atoms with Crippen molar-refractivity contribution in [3.63, 3.8) is 0 Å². The Balaban J connectivity index is 1.78. The minimum atomic E-state index is -3.45. The van der Waals surface area contributed by atoms with E-state index in [4.69, 9.17) is 4.74 Å². The standard InChI is InChI=1S/C21H30N6O4S/c1-15(2)13-31-18-7-6-16(32(5,29)30)12-17(18)19(28)26-8-10-27(11-9-26)21-23-14-22-20(24-21)25(3)4/h6-7,12,14-15H,8-11,13H2,1-5H3. The number of piperazine rings is 1. The van der Waals surface area contributed by atoms with Crippen LogP contribution in [0.3, 0.4) is 0 Å². The fraction of sp³-hybridized carbons (Fsp3) is 0.524. The maximum atomic E-state index is 13.3. The maximum absolute atomic E-state index is 13.3. The van der Waals surface area contributed by atoms with Crippen LogP contribution in [0.25, 0.3) is 0 Å². The Bertz CT molecular complexity index is 1070. The smallest absolute Gasteiger partial charge is 0.257 e. The number of ether oxygens (including phenoxy) is 1. The molecule has 174 valence electrons. The molecule has 0 bridgehead atoms. The summed E-state index contributed by atoms with van der Waals surface area (Å²) in [5.41, 5.74) is 0.261. The molecule has 0 saturated carbocycles. The van der Waals surface area contributed by atoms with E-state index in [2.05, 4.69) is 15.0 Å². The summed E-state index contributed by atoms with van der Waals surface area (Å²) in [6.45, 7) is 6.46. The largest absolute Gasteiger partial charge is 0.492 e. The van der Waals surface area contributed by atoms with E-state index >= 15 is 0 Å². The van der Waals surface area contributed by atoms with Crippen LogP contribution in [-0.2, 0) is 9.84 Å². The number of amides is 1. The molecule has 1 aliphatic heterocycles. The van der Waals surface area contributed by atoms with E-state index in [0.29, 0.717) is 50.4 Å². The van der Waals surface area contributed by atoms with Crippen LogP contribution in [0.4, 0.5) is 11.9 Å². The Kier molecular flexibility index (Phi) is 7.17. The molecule has 1 fully saturated rings. The van der Waals surface area contributed by atoms with E-state index in [9.17, 15) is 13.2 Å². The van der Waals surface area contributed by atoms with Gasteiger partial charge in [0.2, 0.25) is 11.9 Å². The van der Waals surface area contributed by atoms with Crippen molar-refractivity contribution in [1.29, 1.82) is 0 Å². The molecular formula is C21H30N6O4S. The summed E-state index contributed by atoms with van der Waals surface area (Å²) in [5, 5.41) is 0. The van der Waals surface area contributed by atoms with Gasteiger partial charge < -0.3 is 19.4 Å². The van der Waals surface area contributed by atoms with Gasteiger partial charge in [0.25, 0.3) is 5.91 Å². The number of carbonyl (C=O) groups is 1. The summed E-state index contributed by atoms with van der Waals surface area (Å²) in [6, 6.07) is 4.45. The molecule has 2 heterocycles. The third kappa shape index (κ3) is 5.64. The molecule has 0 aliphatic carbocycles. The Morgan fingerprint density at radius 2 is 1.84 bits per heavy atom. The first kappa shape index (κ1) is 23.7.